The van der Waals surface area contributed by atoms with Crippen LogP contribution in [-0.2, 0) is 0 Å². The predicted molar refractivity (Wildman–Crippen MR) is 146 cm³/mol. The number of pyridine rings is 1. The number of thiocarbonyl (C=S) groups is 1. The van der Waals surface area contributed by atoms with Gasteiger partial charge in [0.25, 0.3) is 0 Å². The Balaban J connectivity index is 1.32. The van der Waals surface area contributed by atoms with Crippen LogP contribution < -0.4 is 15.5 Å². The molecule has 0 unspecified atom stereocenters. The number of ether oxygens (including phenoxy) is 1. The van der Waals surface area contributed by atoms with Gasteiger partial charge in [0.1, 0.15) is 17.6 Å². The average Bonchev–Trinajstić information content (AvgIpc) is 3.30. The summed E-state index contributed by atoms with van der Waals surface area (Å²) in [4.78, 5) is 9.06. The Kier molecular flexibility index (Phi) is 6.68. The van der Waals surface area contributed by atoms with Crippen molar-refractivity contribution in [3.05, 3.63) is 89.9 Å². The van der Waals surface area contributed by atoms with Gasteiger partial charge in [-0.1, -0.05) is 24.3 Å². The first kappa shape index (κ1) is 25.2. The van der Waals surface area contributed by atoms with Crippen molar-refractivity contribution in [3.8, 4) is 11.4 Å². The van der Waals surface area contributed by atoms with Crippen LogP contribution in [0.2, 0.25) is 0 Å². The van der Waals surface area contributed by atoms with Crippen molar-refractivity contribution in [1.29, 1.82) is 0 Å². The van der Waals surface area contributed by atoms with E-state index in [-0.39, 0.29) is 5.75 Å². The average molecular weight is 535 g/mol. The standard InChI is InChI=1S/C27H21F3N6OS/c1-16-4-3-5-17(2)23(16)34-26(38)35-33-14-18-12-19-6-11-22-25(24(19)31-13-18)32-15-36(22)20-7-9-21(10-8-20)37-27(28,29)30/h3-15H,1-2H3,(H2,34,35,38). The van der Waals surface area contributed by atoms with Crippen molar-refractivity contribution < 1.29 is 17.9 Å². The van der Waals surface area contributed by atoms with Gasteiger partial charge in [0.05, 0.1) is 17.2 Å². The summed E-state index contributed by atoms with van der Waals surface area (Å²) in [6.07, 6.45) is 0.168. The highest BCUT2D eigenvalue weighted by Gasteiger charge is 2.31. The predicted octanol–water partition coefficient (Wildman–Crippen LogP) is 6.41. The lowest BCUT2D eigenvalue weighted by molar-refractivity contribution is -0.274. The number of hydrogen-bond acceptors (Lipinski definition) is 5. The van der Waals surface area contributed by atoms with Crippen LogP contribution >= 0.6 is 12.2 Å². The number of nitrogens with one attached hydrogen (secondary N) is 2. The normalized spacial score (nSPS) is 11.8. The highest BCUT2D eigenvalue weighted by molar-refractivity contribution is 7.80. The second-order valence-electron chi connectivity index (χ2n) is 8.52. The van der Waals surface area contributed by atoms with E-state index < -0.39 is 6.36 Å². The molecule has 2 aromatic heterocycles. The van der Waals surface area contributed by atoms with E-state index in [4.69, 9.17) is 12.2 Å². The molecule has 0 saturated heterocycles. The first-order valence-electron chi connectivity index (χ1n) is 11.5. The fourth-order valence-electron chi connectivity index (χ4n) is 4.10. The van der Waals surface area contributed by atoms with Crippen molar-refractivity contribution in [2.75, 3.05) is 5.32 Å². The van der Waals surface area contributed by atoms with E-state index >= 15 is 0 Å². The Morgan fingerprint density at radius 2 is 1.74 bits per heavy atom. The minimum atomic E-state index is -4.74. The molecule has 0 atom stereocenters. The third kappa shape index (κ3) is 5.42. The molecule has 38 heavy (non-hydrogen) atoms. The molecule has 11 heteroatoms. The zero-order valence-electron chi connectivity index (χ0n) is 20.2. The zero-order valence-corrected chi connectivity index (χ0v) is 21.1. The smallest absolute Gasteiger partial charge is 0.406 e. The van der Waals surface area contributed by atoms with Gasteiger partial charge in [-0.2, -0.15) is 5.10 Å². The number of alkyl halides is 3. The number of hydrogen-bond donors (Lipinski definition) is 2. The van der Waals surface area contributed by atoms with Gasteiger partial charge in [0.15, 0.2) is 5.11 Å². The molecule has 5 rings (SSSR count). The van der Waals surface area contributed by atoms with E-state index in [0.717, 1.165) is 33.3 Å². The minimum absolute atomic E-state index is 0.289. The second-order valence-corrected chi connectivity index (χ2v) is 8.93. The monoisotopic (exact) mass is 534 g/mol. The number of imidazole rings is 1. The molecule has 0 spiro atoms. The van der Waals surface area contributed by atoms with Gasteiger partial charge in [-0.25, -0.2) is 4.98 Å². The van der Waals surface area contributed by atoms with Crippen LogP contribution in [0.5, 0.6) is 5.75 Å². The van der Waals surface area contributed by atoms with Gasteiger partial charge in [0.2, 0.25) is 0 Å². The fourth-order valence-corrected chi connectivity index (χ4v) is 4.25. The number of halogens is 3. The van der Waals surface area contributed by atoms with Crippen LogP contribution in [-0.4, -0.2) is 32.2 Å². The highest BCUT2D eigenvalue weighted by Crippen LogP contribution is 2.28. The van der Waals surface area contributed by atoms with E-state index in [2.05, 4.69) is 30.5 Å². The maximum atomic E-state index is 12.4. The molecule has 0 aliphatic carbocycles. The quantitative estimate of drug-likeness (QED) is 0.154. The van der Waals surface area contributed by atoms with Crippen molar-refractivity contribution in [2.45, 2.75) is 20.2 Å². The van der Waals surface area contributed by atoms with Gasteiger partial charge in [-0.3, -0.25) is 15.0 Å². The van der Waals surface area contributed by atoms with Crippen molar-refractivity contribution in [2.24, 2.45) is 5.10 Å². The molecule has 2 N–H and O–H groups in total. The fraction of sp³-hybridized carbons (Fsp3) is 0.111. The number of para-hydroxylation sites is 1. The Morgan fingerprint density at radius 1 is 1.00 bits per heavy atom. The summed E-state index contributed by atoms with van der Waals surface area (Å²) in [6.45, 7) is 4.01. The SMILES string of the molecule is Cc1cccc(C)c1NC(=S)NN=Cc1cnc2c(ccc3c2ncn3-c2ccc(OC(F)(F)F)cc2)c1. The molecule has 0 radical (unpaired) electrons. The van der Waals surface area contributed by atoms with Crippen LogP contribution in [0.1, 0.15) is 16.7 Å². The van der Waals surface area contributed by atoms with Crippen molar-refractivity contribution in [3.63, 3.8) is 0 Å². The Morgan fingerprint density at radius 3 is 2.45 bits per heavy atom. The maximum Gasteiger partial charge on any atom is 0.573 e. The van der Waals surface area contributed by atoms with Gasteiger partial charge in [0, 0.05) is 28.5 Å². The molecule has 2 heterocycles. The minimum Gasteiger partial charge on any atom is -0.406 e. The summed E-state index contributed by atoms with van der Waals surface area (Å²) in [5.41, 5.74) is 9.46. The molecule has 3 aromatic carbocycles. The Bertz CT molecular complexity index is 1660. The highest BCUT2D eigenvalue weighted by atomic mass is 32.1. The van der Waals surface area contributed by atoms with E-state index in [1.165, 1.54) is 24.3 Å². The van der Waals surface area contributed by atoms with Gasteiger partial charge in [-0.15, -0.1) is 13.2 Å². The van der Waals surface area contributed by atoms with Crippen molar-refractivity contribution >= 4 is 51.2 Å². The maximum absolute atomic E-state index is 12.4. The number of hydrazone groups is 1. The van der Waals surface area contributed by atoms with E-state index in [1.807, 2.05) is 50.2 Å². The molecule has 7 nitrogen and oxygen atoms in total. The lowest BCUT2D eigenvalue weighted by Gasteiger charge is -2.12. The first-order chi connectivity index (χ1) is 18.2. The summed E-state index contributed by atoms with van der Waals surface area (Å²) in [5, 5.41) is 8.62. The third-order valence-corrected chi connectivity index (χ3v) is 6.03. The summed E-state index contributed by atoms with van der Waals surface area (Å²) in [7, 11) is 0. The number of benzene rings is 3. The summed E-state index contributed by atoms with van der Waals surface area (Å²) in [5.74, 6) is -0.289. The number of fused-ring (bicyclic) bond motifs is 3. The van der Waals surface area contributed by atoms with Crippen LogP contribution in [0.4, 0.5) is 18.9 Å². The molecule has 0 fully saturated rings. The molecule has 0 bridgehead atoms. The largest absolute Gasteiger partial charge is 0.573 e. The molecular weight excluding hydrogens is 513 g/mol. The molecule has 0 saturated carbocycles. The molecule has 192 valence electrons. The second kappa shape index (κ2) is 10.1. The Labute approximate surface area is 221 Å². The number of aromatic nitrogens is 3. The van der Waals surface area contributed by atoms with Gasteiger partial charge < -0.3 is 10.1 Å². The van der Waals surface area contributed by atoms with Crippen LogP contribution in [0.25, 0.3) is 27.6 Å². The van der Waals surface area contributed by atoms with Gasteiger partial charge in [-0.05, 0) is 73.6 Å². The number of aryl methyl sites for hydroxylation is 2. The Hall–Kier alpha value is -4.51. The number of anilines is 1. The molecule has 0 aliphatic rings. The zero-order chi connectivity index (χ0) is 26.9. The van der Waals surface area contributed by atoms with Gasteiger partial charge >= 0.3 is 6.36 Å². The van der Waals surface area contributed by atoms with Crippen molar-refractivity contribution in [1.82, 2.24) is 20.0 Å². The summed E-state index contributed by atoms with van der Waals surface area (Å²) < 4.78 is 43.1. The van der Waals surface area contributed by atoms with Crippen LogP contribution in [0, 0.1) is 13.8 Å². The first-order valence-corrected chi connectivity index (χ1v) is 11.9. The van der Waals surface area contributed by atoms with Crippen LogP contribution in [0.15, 0.2) is 78.3 Å². The molecule has 0 amide bonds. The topological polar surface area (TPSA) is 76.4 Å². The summed E-state index contributed by atoms with van der Waals surface area (Å²) >= 11 is 5.35. The molecular formula is C27H21F3N6OS. The van der Waals surface area contributed by atoms with E-state index in [1.54, 1.807) is 23.3 Å². The van der Waals surface area contributed by atoms with E-state index in [9.17, 15) is 13.2 Å². The summed E-state index contributed by atoms with van der Waals surface area (Å²) in [6, 6.07) is 17.3. The number of nitrogens with zero attached hydrogens (tertiary/aromatic N) is 4. The lowest BCUT2D eigenvalue weighted by atomic mass is 10.1. The molecule has 5 aromatic rings. The molecule has 0 aliphatic heterocycles. The lowest BCUT2D eigenvalue weighted by Crippen LogP contribution is -2.24. The number of rotatable bonds is 5. The van der Waals surface area contributed by atoms with E-state index in [0.29, 0.717) is 21.8 Å². The third-order valence-electron chi connectivity index (χ3n) is 5.84. The van der Waals surface area contributed by atoms with Crippen LogP contribution in [0.3, 0.4) is 0 Å².